The number of benzene rings is 2. The first-order chi connectivity index (χ1) is 21.8. The quantitative estimate of drug-likeness (QED) is 0.447. The average molecular weight is 631 g/mol. The highest BCUT2D eigenvalue weighted by Crippen LogP contribution is 2.37. The highest BCUT2D eigenvalue weighted by Gasteiger charge is 2.45. The van der Waals surface area contributed by atoms with Gasteiger partial charge in [0, 0.05) is 44.5 Å². The SMILES string of the molecule is C[C@H]1NC(=O)[C@H](CCc2ccccc2)NC(=O)CCC[C@H]2[C@@H]3C[C@@H](CN(C(=O)c4cc(-n5cccn5)ccc4Cl)C3)CN2C1=O. The summed E-state index contributed by atoms with van der Waals surface area (Å²) in [7, 11) is 0. The summed E-state index contributed by atoms with van der Waals surface area (Å²) in [4.78, 5) is 57.8. The number of halogens is 1. The van der Waals surface area contributed by atoms with Gasteiger partial charge >= 0.3 is 0 Å². The van der Waals surface area contributed by atoms with Crippen LogP contribution >= 0.6 is 11.6 Å². The molecule has 0 spiro atoms. The maximum absolute atomic E-state index is 13.9. The third kappa shape index (κ3) is 6.91. The molecule has 3 aliphatic heterocycles. The van der Waals surface area contributed by atoms with Crippen LogP contribution in [0.1, 0.15) is 54.9 Å². The molecule has 0 unspecified atom stereocenters. The molecule has 0 radical (unpaired) electrons. The second-order valence-electron chi connectivity index (χ2n) is 12.5. The molecular formula is C34H39ClN6O4. The predicted molar refractivity (Wildman–Crippen MR) is 170 cm³/mol. The lowest BCUT2D eigenvalue weighted by atomic mass is 9.77. The molecule has 3 fully saturated rings. The van der Waals surface area contributed by atoms with Crippen LogP contribution in [0, 0.1) is 11.8 Å². The Balaban J connectivity index is 1.17. The molecule has 4 amide bonds. The van der Waals surface area contributed by atoms with Gasteiger partial charge in [-0.15, -0.1) is 0 Å². The van der Waals surface area contributed by atoms with Gasteiger partial charge in [0.15, 0.2) is 0 Å². The van der Waals surface area contributed by atoms with Gasteiger partial charge in [-0.05, 0) is 80.7 Å². The third-order valence-corrected chi connectivity index (χ3v) is 9.67. The van der Waals surface area contributed by atoms with E-state index in [-0.39, 0.29) is 47.9 Å². The molecule has 3 saturated heterocycles. The summed E-state index contributed by atoms with van der Waals surface area (Å²) in [6, 6.07) is 15.4. The van der Waals surface area contributed by atoms with Gasteiger partial charge in [-0.25, -0.2) is 4.68 Å². The van der Waals surface area contributed by atoms with Crippen LogP contribution in [0.2, 0.25) is 5.02 Å². The minimum absolute atomic E-state index is 0.0472. The van der Waals surface area contributed by atoms with Crippen LogP contribution in [0.5, 0.6) is 0 Å². The van der Waals surface area contributed by atoms with Crippen LogP contribution < -0.4 is 10.6 Å². The molecule has 4 heterocycles. The first kappa shape index (κ1) is 30.8. The second-order valence-corrected chi connectivity index (χ2v) is 12.9. The number of carbonyl (C=O) groups is 4. The Morgan fingerprint density at radius 3 is 2.62 bits per heavy atom. The highest BCUT2D eigenvalue weighted by molar-refractivity contribution is 6.33. The van der Waals surface area contributed by atoms with Crippen LogP contribution in [0.25, 0.3) is 5.69 Å². The Labute approximate surface area is 268 Å². The molecule has 10 nitrogen and oxygen atoms in total. The Hall–Kier alpha value is -4.18. The maximum Gasteiger partial charge on any atom is 0.255 e. The molecule has 2 bridgehead atoms. The van der Waals surface area contributed by atoms with Gasteiger partial charge in [-0.2, -0.15) is 5.10 Å². The lowest BCUT2D eigenvalue weighted by Gasteiger charge is -2.51. The van der Waals surface area contributed by atoms with E-state index in [0.29, 0.717) is 55.9 Å². The van der Waals surface area contributed by atoms with Crippen molar-refractivity contribution < 1.29 is 19.2 Å². The minimum Gasteiger partial charge on any atom is -0.344 e. The monoisotopic (exact) mass is 630 g/mol. The van der Waals surface area contributed by atoms with Crippen molar-refractivity contribution in [2.75, 3.05) is 19.6 Å². The van der Waals surface area contributed by atoms with E-state index in [9.17, 15) is 19.2 Å². The Kier molecular flexibility index (Phi) is 9.21. The molecule has 2 aromatic carbocycles. The number of carbonyl (C=O) groups excluding carboxylic acids is 4. The molecule has 3 aromatic rings. The average Bonchev–Trinajstić information content (AvgIpc) is 3.58. The first-order valence-corrected chi connectivity index (χ1v) is 16.2. The predicted octanol–water partition coefficient (Wildman–Crippen LogP) is 3.62. The number of fused-ring (bicyclic) bond motifs is 4. The van der Waals surface area contributed by atoms with E-state index in [1.165, 1.54) is 0 Å². The Bertz CT molecular complexity index is 1550. The van der Waals surface area contributed by atoms with Gasteiger partial charge in [0.25, 0.3) is 5.91 Å². The number of hydrogen-bond acceptors (Lipinski definition) is 5. The summed E-state index contributed by atoms with van der Waals surface area (Å²) in [5.41, 5.74) is 2.25. The van der Waals surface area contributed by atoms with Crippen LogP contribution in [0.15, 0.2) is 67.0 Å². The Morgan fingerprint density at radius 2 is 1.84 bits per heavy atom. The van der Waals surface area contributed by atoms with E-state index in [4.69, 9.17) is 11.6 Å². The van der Waals surface area contributed by atoms with Crippen molar-refractivity contribution in [2.45, 2.75) is 63.6 Å². The van der Waals surface area contributed by atoms with Crippen LogP contribution in [-0.2, 0) is 20.8 Å². The van der Waals surface area contributed by atoms with Gasteiger partial charge in [-0.3, -0.25) is 19.2 Å². The number of nitrogens with zero attached hydrogens (tertiary/aromatic N) is 4. The fraction of sp³-hybridized carbons (Fsp3) is 0.441. The van der Waals surface area contributed by atoms with Gasteiger partial charge in [-0.1, -0.05) is 41.9 Å². The van der Waals surface area contributed by atoms with Crippen molar-refractivity contribution in [2.24, 2.45) is 11.8 Å². The largest absolute Gasteiger partial charge is 0.344 e. The number of aryl methyl sites for hydroxylation is 1. The van der Waals surface area contributed by atoms with E-state index < -0.39 is 12.1 Å². The number of nitrogens with one attached hydrogen (secondary N) is 2. The zero-order valence-corrected chi connectivity index (χ0v) is 26.2. The second kappa shape index (κ2) is 13.4. The standard InChI is InChI=1S/C34H39ClN6O4/c1-22-33(44)40-20-24-17-25(21-39(19-24)34(45)27-18-26(12-13-28(27)35)41-16-6-15-36-41)30(40)9-5-10-31(42)38-29(32(43)37-22)14-11-23-7-3-2-4-8-23/h2-4,6-8,12-13,15-16,18,22,24-25,29-30H,5,9-11,14,17,19-21H2,1H3,(H,37,43)(H,38,42)/t22-,24+,25-,29+,30+/m1/s1. The third-order valence-electron chi connectivity index (χ3n) is 9.34. The molecule has 1 aromatic heterocycles. The summed E-state index contributed by atoms with van der Waals surface area (Å²) in [6.07, 6.45) is 6.94. The van der Waals surface area contributed by atoms with E-state index in [1.54, 1.807) is 29.9 Å². The minimum atomic E-state index is -0.740. The summed E-state index contributed by atoms with van der Waals surface area (Å²) in [5.74, 6) is -0.634. The maximum atomic E-state index is 13.9. The van der Waals surface area contributed by atoms with Crippen molar-refractivity contribution in [1.29, 1.82) is 0 Å². The zero-order chi connectivity index (χ0) is 31.5. The summed E-state index contributed by atoms with van der Waals surface area (Å²) in [5, 5.41) is 10.5. The number of aromatic nitrogens is 2. The summed E-state index contributed by atoms with van der Waals surface area (Å²) >= 11 is 6.52. The van der Waals surface area contributed by atoms with Crippen LogP contribution in [-0.4, -0.2) is 81.0 Å². The van der Waals surface area contributed by atoms with Crippen molar-refractivity contribution in [3.63, 3.8) is 0 Å². The fourth-order valence-electron chi connectivity index (χ4n) is 7.14. The van der Waals surface area contributed by atoms with Crippen LogP contribution in [0.3, 0.4) is 0 Å². The number of likely N-dealkylation sites (tertiary alicyclic amines) is 1. The molecule has 0 aliphatic carbocycles. The molecule has 0 saturated carbocycles. The van der Waals surface area contributed by atoms with E-state index in [1.807, 2.05) is 58.5 Å². The highest BCUT2D eigenvalue weighted by atomic mass is 35.5. The molecule has 45 heavy (non-hydrogen) atoms. The van der Waals surface area contributed by atoms with Gasteiger partial charge < -0.3 is 20.4 Å². The number of hydrogen-bond donors (Lipinski definition) is 2. The normalized spacial score (nSPS) is 25.8. The molecule has 5 atom stereocenters. The molecule has 3 aliphatic rings. The summed E-state index contributed by atoms with van der Waals surface area (Å²) < 4.78 is 1.69. The lowest BCUT2D eigenvalue weighted by molar-refractivity contribution is -0.145. The van der Waals surface area contributed by atoms with Crippen molar-refractivity contribution in [1.82, 2.24) is 30.2 Å². The first-order valence-electron chi connectivity index (χ1n) is 15.8. The van der Waals surface area contributed by atoms with Crippen LogP contribution in [0.4, 0.5) is 0 Å². The molecule has 2 N–H and O–H groups in total. The molecular weight excluding hydrogens is 592 g/mol. The molecule has 6 rings (SSSR count). The lowest BCUT2D eigenvalue weighted by Crippen LogP contribution is -2.63. The van der Waals surface area contributed by atoms with Crippen molar-refractivity contribution in [3.8, 4) is 5.69 Å². The fourth-order valence-corrected chi connectivity index (χ4v) is 7.33. The number of piperidine rings is 2. The van der Waals surface area contributed by atoms with Gasteiger partial charge in [0.05, 0.1) is 16.3 Å². The van der Waals surface area contributed by atoms with E-state index in [0.717, 1.165) is 17.7 Å². The van der Waals surface area contributed by atoms with Gasteiger partial charge in [0.2, 0.25) is 17.7 Å². The Morgan fingerprint density at radius 1 is 1.02 bits per heavy atom. The van der Waals surface area contributed by atoms with Gasteiger partial charge in [0.1, 0.15) is 12.1 Å². The number of rotatable bonds is 5. The zero-order valence-electron chi connectivity index (χ0n) is 25.4. The van der Waals surface area contributed by atoms with Crippen molar-refractivity contribution >= 4 is 35.2 Å². The molecule has 236 valence electrons. The number of amides is 4. The topological polar surface area (TPSA) is 117 Å². The van der Waals surface area contributed by atoms with E-state index in [2.05, 4.69) is 15.7 Å². The van der Waals surface area contributed by atoms with Crippen molar-refractivity contribution in [3.05, 3.63) is 83.1 Å². The molecule has 11 heteroatoms. The van der Waals surface area contributed by atoms with E-state index >= 15 is 0 Å². The summed E-state index contributed by atoms with van der Waals surface area (Å²) in [6.45, 7) is 3.21. The smallest absolute Gasteiger partial charge is 0.255 e.